The Hall–Kier alpha value is -1.74. The number of aryl methyl sites for hydroxylation is 2. The highest BCUT2D eigenvalue weighted by molar-refractivity contribution is 6.29. The number of nitrogens with zero attached hydrogens (tertiary/aromatic N) is 2. The number of fused-ring (bicyclic) bond motifs is 1. The Kier molecular flexibility index (Phi) is 4.02. The van der Waals surface area contributed by atoms with Crippen LogP contribution in [0, 0.1) is 6.92 Å². The summed E-state index contributed by atoms with van der Waals surface area (Å²) in [5.74, 6) is 0. The van der Waals surface area contributed by atoms with Gasteiger partial charge in [-0.2, -0.15) is 0 Å². The maximum atomic E-state index is 5.88. The number of aromatic nitrogens is 1. The van der Waals surface area contributed by atoms with Crippen LogP contribution in [0.15, 0.2) is 30.3 Å². The van der Waals surface area contributed by atoms with Crippen molar-refractivity contribution >= 4 is 23.0 Å². The van der Waals surface area contributed by atoms with Crippen molar-refractivity contribution < 1.29 is 0 Å². The van der Waals surface area contributed by atoms with Crippen LogP contribution in [-0.4, -0.2) is 18.6 Å². The molecule has 1 N–H and O–H groups in total. The summed E-state index contributed by atoms with van der Waals surface area (Å²) >= 11 is 5.88. The molecular formula is C17H20ClN3. The molecule has 3 nitrogen and oxygen atoms in total. The summed E-state index contributed by atoms with van der Waals surface area (Å²) in [6.07, 6.45) is 2.41. The van der Waals surface area contributed by atoms with Crippen molar-refractivity contribution in [2.45, 2.75) is 26.3 Å². The number of benzene rings is 1. The summed E-state index contributed by atoms with van der Waals surface area (Å²) in [5, 5.41) is 3.98. The average molecular weight is 302 g/mol. The van der Waals surface area contributed by atoms with Crippen molar-refractivity contribution in [3.63, 3.8) is 0 Å². The number of pyridine rings is 1. The monoisotopic (exact) mass is 301 g/mol. The molecule has 0 unspecified atom stereocenters. The van der Waals surface area contributed by atoms with E-state index in [1.807, 2.05) is 19.1 Å². The zero-order chi connectivity index (χ0) is 14.8. The number of halogens is 1. The second kappa shape index (κ2) is 5.94. The van der Waals surface area contributed by atoms with Gasteiger partial charge in [-0.25, -0.2) is 4.98 Å². The molecule has 2 heterocycles. The summed E-state index contributed by atoms with van der Waals surface area (Å²) in [5.41, 5.74) is 6.09. The lowest BCUT2D eigenvalue weighted by Crippen LogP contribution is -2.24. The SMILES string of the molecule is Cc1nc(Cl)ccc1NCc1ccc2c(c1)CCCN2C. The van der Waals surface area contributed by atoms with E-state index in [2.05, 4.69) is 40.4 Å². The lowest BCUT2D eigenvalue weighted by atomic mass is 9.99. The van der Waals surface area contributed by atoms with Crippen molar-refractivity contribution in [1.82, 2.24) is 4.98 Å². The van der Waals surface area contributed by atoms with Crippen LogP contribution >= 0.6 is 11.6 Å². The smallest absolute Gasteiger partial charge is 0.129 e. The highest BCUT2D eigenvalue weighted by atomic mass is 35.5. The second-order valence-electron chi connectivity index (χ2n) is 5.61. The Labute approximate surface area is 131 Å². The Morgan fingerprint density at radius 2 is 2.14 bits per heavy atom. The minimum Gasteiger partial charge on any atom is -0.380 e. The van der Waals surface area contributed by atoms with Crippen molar-refractivity contribution in [1.29, 1.82) is 0 Å². The molecule has 0 amide bonds. The first-order valence-corrected chi connectivity index (χ1v) is 7.71. The van der Waals surface area contributed by atoms with Gasteiger partial charge in [0.2, 0.25) is 0 Å². The van der Waals surface area contributed by atoms with Crippen LogP contribution in [0.25, 0.3) is 0 Å². The zero-order valence-electron chi connectivity index (χ0n) is 12.5. The van der Waals surface area contributed by atoms with Crippen LogP contribution < -0.4 is 10.2 Å². The predicted molar refractivity (Wildman–Crippen MR) is 89.3 cm³/mol. The summed E-state index contributed by atoms with van der Waals surface area (Å²) < 4.78 is 0. The van der Waals surface area contributed by atoms with Crippen LogP contribution in [0.1, 0.15) is 23.2 Å². The van der Waals surface area contributed by atoms with Gasteiger partial charge in [-0.15, -0.1) is 0 Å². The fourth-order valence-corrected chi connectivity index (χ4v) is 3.05. The highest BCUT2D eigenvalue weighted by Crippen LogP contribution is 2.27. The van der Waals surface area contributed by atoms with E-state index >= 15 is 0 Å². The fourth-order valence-electron chi connectivity index (χ4n) is 2.86. The Balaban J connectivity index is 1.73. The molecule has 0 radical (unpaired) electrons. The van der Waals surface area contributed by atoms with Crippen LogP contribution in [0.2, 0.25) is 5.15 Å². The minimum atomic E-state index is 0.537. The van der Waals surface area contributed by atoms with E-state index in [0.717, 1.165) is 24.5 Å². The van der Waals surface area contributed by atoms with Crippen LogP contribution in [0.3, 0.4) is 0 Å². The van der Waals surface area contributed by atoms with E-state index in [0.29, 0.717) is 5.15 Å². The van der Waals surface area contributed by atoms with Gasteiger partial charge in [-0.3, -0.25) is 0 Å². The normalized spacial score (nSPS) is 14.0. The molecule has 0 saturated carbocycles. The van der Waals surface area contributed by atoms with Crippen molar-refractivity contribution in [2.75, 3.05) is 23.8 Å². The van der Waals surface area contributed by atoms with E-state index < -0.39 is 0 Å². The van der Waals surface area contributed by atoms with E-state index in [-0.39, 0.29) is 0 Å². The molecule has 2 aromatic rings. The molecule has 110 valence electrons. The molecule has 21 heavy (non-hydrogen) atoms. The number of nitrogens with one attached hydrogen (secondary N) is 1. The molecule has 3 rings (SSSR count). The first-order valence-electron chi connectivity index (χ1n) is 7.33. The van der Waals surface area contributed by atoms with Crippen molar-refractivity contribution in [3.05, 3.63) is 52.3 Å². The molecule has 0 fully saturated rings. The molecule has 0 saturated heterocycles. The second-order valence-corrected chi connectivity index (χ2v) is 6.00. The van der Waals surface area contributed by atoms with Gasteiger partial charge >= 0.3 is 0 Å². The van der Waals surface area contributed by atoms with E-state index in [1.165, 1.54) is 29.7 Å². The molecule has 0 bridgehead atoms. The van der Waals surface area contributed by atoms with Crippen molar-refractivity contribution in [2.24, 2.45) is 0 Å². The molecular weight excluding hydrogens is 282 g/mol. The first kappa shape index (κ1) is 14.2. The fraction of sp³-hybridized carbons (Fsp3) is 0.353. The zero-order valence-corrected chi connectivity index (χ0v) is 13.2. The third-order valence-electron chi connectivity index (χ3n) is 4.03. The maximum Gasteiger partial charge on any atom is 0.129 e. The van der Waals surface area contributed by atoms with Crippen molar-refractivity contribution in [3.8, 4) is 0 Å². The maximum absolute atomic E-state index is 5.88. The third-order valence-corrected chi connectivity index (χ3v) is 4.24. The van der Waals surface area contributed by atoms with Gasteiger partial charge in [0.1, 0.15) is 5.15 Å². The topological polar surface area (TPSA) is 28.2 Å². The molecule has 1 aliphatic rings. The summed E-state index contributed by atoms with van der Waals surface area (Å²) in [4.78, 5) is 6.60. The van der Waals surface area contributed by atoms with Gasteiger partial charge in [0.25, 0.3) is 0 Å². The Morgan fingerprint density at radius 1 is 1.29 bits per heavy atom. The lowest BCUT2D eigenvalue weighted by Gasteiger charge is -2.28. The average Bonchev–Trinajstić information content (AvgIpc) is 2.46. The molecule has 1 aromatic heterocycles. The lowest BCUT2D eigenvalue weighted by molar-refractivity contribution is 0.743. The van der Waals surface area contributed by atoms with Gasteiger partial charge in [0, 0.05) is 25.8 Å². The Morgan fingerprint density at radius 3 is 2.95 bits per heavy atom. The predicted octanol–water partition coefficient (Wildman–Crippen LogP) is 4.04. The molecule has 0 aliphatic carbocycles. The first-order chi connectivity index (χ1) is 10.1. The van der Waals surface area contributed by atoms with Crippen LogP contribution in [0.4, 0.5) is 11.4 Å². The van der Waals surface area contributed by atoms with Gasteiger partial charge in [0.05, 0.1) is 11.4 Å². The summed E-state index contributed by atoms with van der Waals surface area (Å²) in [6, 6.07) is 10.6. The van der Waals surface area contributed by atoms with E-state index in [1.54, 1.807) is 0 Å². The van der Waals surface area contributed by atoms with Crippen LogP contribution in [0.5, 0.6) is 0 Å². The molecule has 1 aromatic carbocycles. The largest absolute Gasteiger partial charge is 0.380 e. The quantitative estimate of drug-likeness (QED) is 0.867. The van der Waals surface area contributed by atoms with Gasteiger partial charge in [-0.05, 0) is 49.1 Å². The molecule has 0 atom stereocenters. The third kappa shape index (κ3) is 3.13. The number of anilines is 2. The standard InChI is InChI=1S/C17H20ClN3/c1-12-15(6-8-17(18)20-12)19-11-13-5-7-16-14(10-13)4-3-9-21(16)2/h5-8,10,19H,3-4,9,11H2,1-2H3. The van der Waals surface area contributed by atoms with Gasteiger partial charge < -0.3 is 10.2 Å². The molecule has 1 aliphatic heterocycles. The summed E-state index contributed by atoms with van der Waals surface area (Å²) in [7, 11) is 2.17. The molecule has 0 spiro atoms. The number of hydrogen-bond donors (Lipinski definition) is 1. The Bertz CT molecular complexity index is 654. The number of rotatable bonds is 3. The summed E-state index contributed by atoms with van der Waals surface area (Å²) in [6.45, 7) is 3.93. The van der Waals surface area contributed by atoms with E-state index in [4.69, 9.17) is 11.6 Å². The number of hydrogen-bond acceptors (Lipinski definition) is 3. The highest BCUT2D eigenvalue weighted by Gasteiger charge is 2.13. The molecule has 4 heteroatoms. The van der Waals surface area contributed by atoms with Crippen LogP contribution in [-0.2, 0) is 13.0 Å². The van der Waals surface area contributed by atoms with E-state index in [9.17, 15) is 0 Å². The van der Waals surface area contributed by atoms with Gasteiger partial charge in [0.15, 0.2) is 0 Å². The van der Waals surface area contributed by atoms with Gasteiger partial charge in [-0.1, -0.05) is 23.7 Å². The minimum absolute atomic E-state index is 0.537.